The van der Waals surface area contributed by atoms with E-state index >= 15 is 0 Å². The van der Waals surface area contributed by atoms with Gasteiger partial charge in [-0.25, -0.2) is 4.79 Å². The molecule has 0 aliphatic carbocycles. The van der Waals surface area contributed by atoms with Crippen LogP contribution in [-0.4, -0.2) is 42.4 Å². The highest BCUT2D eigenvalue weighted by Crippen LogP contribution is 2.39. The van der Waals surface area contributed by atoms with E-state index in [4.69, 9.17) is 14.0 Å². The Bertz CT molecular complexity index is 854. The van der Waals surface area contributed by atoms with Crippen molar-refractivity contribution in [1.29, 1.82) is 0 Å². The van der Waals surface area contributed by atoms with Crippen LogP contribution in [-0.2, 0) is 35.8 Å². The van der Waals surface area contributed by atoms with Gasteiger partial charge in [-0.3, -0.25) is 9.35 Å². The summed E-state index contributed by atoms with van der Waals surface area (Å²) >= 11 is 0. The van der Waals surface area contributed by atoms with Crippen molar-refractivity contribution >= 4 is 22.1 Å². The molecule has 0 spiro atoms. The van der Waals surface area contributed by atoms with Crippen molar-refractivity contribution in [3.63, 3.8) is 0 Å². The van der Waals surface area contributed by atoms with Gasteiger partial charge in [0.2, 0.25) is 0 Å². The molecule has 1 aromatic rings. The molecule has 2 aliphatic heterocycles. The van der Waals surface area contributed by atoms with E-state index in [1.807, 2.05) is 0 Å². The van der Waals surface area contributed by atoms with Gasteiger partial charge in [0.15, 0.2) is 0 Å². The van der Waals surface area contributed by atoms with E-state index in [0.29, 0.717) is 6.42 Å². The third-order valence-corrected chi connectivity index (χ3v) is 5.33. The Kier molecular flexibility index (Phi) is 5.19. The van der Waals surface area contributed by atoms with Crippen molar-refractivity contribution in [1.82, 2.24) is 0 Å². The normalized spacial score (nSPS) is 24.6. The van der Waals surface area contributed by atoms with E-state index in [9.17, 15) is 26.8 Å². The predicted octanol–water partition coefficient (Wildman–Crippen LogP) is 1.68. The first-order valence-corrected chi connectivity index (χ1v) is 9.50. The number of carbonyl (C=O) groups is 2. The summed E-state index contributed by atoms with van der Waals surface area (Å²) in [5.74, 6) is -3.41. The molecule has 1 N–H and O–H groups in total. The molecule has 2 heterocycles. The topological polar surface area (TPSA) is 116 Å². The average Bonchev–Trinajstić information content (AvgIpc) is 3.23. The lowest BCUT2D eigenvalue weighted by Crippen LogP contribution is -2.38. The first-order chi connectivity index (χ1) is 12.6. The number of halogens is 2. The van der Waals surface area contributed by atoms with E-state index in [-0.39, 0.29) is 23.5 Å². The Hall–Kier alpha value is -2.11. The van der Waals surface area contributed by atoms with Crippen LogP contribution < -0.4 is 4.74 Å². The van der Waals surface area contributed by atoms with Gasteiger partial charge in [0, 0.05) is 5.56 Å². The molecule has 2 aliphatic rings. The van der Waals surface area contributed by atoms with Gasteiger partial charge in [0.25, 0.3) is 0 Å². The molecule has 3 unspecified atom stereocenters. The molecule has 0 aromatic heterocycles. The number of alkyl halides is 2. The zero-order valence-corrected chi connectivity index (χ0v) is 14.7. The standard InChI is InChI=1S/C16H16F2O8S/c17-16(18,27(21,22)23)15(20)24-8-9-3-1-2-4-12(9)26-14(19)11-7-10-5-6-13(11)25-10/h1-4,10-11,13H,5-8H2,(H,21,22,23). The summed E-state index contributed by atoms with van der Waals surface area (Å²) in [6.07, 6.45) is 2.02. The van der Waals surface area contributed by atoms with E-state index in [1.54, 1.807) is 0 Å². The van der Waals surface area contributed by atoms with Crippen LogP contribution in [0.5, 0.6) is 5.75 Å². The fourth-order valence-electron chi connectivity index (χ4n) is 3.13. The maximum atomic E-state index is 13.2. The molecule has 3 atom stereocenters. The number of ether oxygens (including phenoxy) is 3. The van der Waals surface area contributed by atoms with Gasteiger partial charge in [-0.15, -0.1) is 0 Å². The van der Waals surface area contributed by atoms with Gasteiger partial charge in [-0.2, -0.15) is 17.2 Å². The molecule has 2 saturated heterocycles. The third-order valence-electron chi connectivity index (χ3n) is 4.51. The molecule has 0 radical (unpaired) electrons. The van der Waals surface area contributed by atoms with Crippen LogP contribution in [0.1, 0.15) is 24.8 Å². The van der Waals surface area contributed by atoms with Crippen molar-refractivity contribution in [3.05, 3.63) is 29.8 Å². The second-order valence-corrected chi connectivity index (χ2v) is 7.78. The summed E-state index contributed by atoms with van der Waals surface area (Å²) in [4.78, 5) is 23.6. The number of para-hydroxylation sites is 1. The van der Waals surface area contributed by atoms with Gasteiger partial charge < -0.3 is 14.2 Å². The molecule has 1 aromatic carbocycles. The molecule has 0 saturated carbocycles. The Balaban J connectivity index is 1.66. The summed E-state index contributed by atoms with van der Waals surface area (Å²) in [6.45, 7) is -0.777. The lowest BCUT2D eigenvalue weighted by Gasteiger charge is -2.18. The number of carbonyl (C=O) groups excluding carboxylic acids is 2. The van der Waals surface area contributed by atoms with Gasteiger partial charge >= 0.3 is 27.3 Å². The lowest BCUT2D eigenvalue weighted by atomic mass is 9.89. The fraction of sp³-hybridized carbons (Fsp3) is 0.500. The maximum Gasteiger partial charge on any atom is 0.465 e. The number of fused-ring (bicyclic) bond motifs is 2. The first-order valence-electron chi connectivity index (χ1n) is 8.06. The number of esters is 2. The zero-order chi connectivity index (χ0) is 19.8. The highest BCUT2D eigenvalue weighted by atomic mass is 32.2. The molecule has 0 amide bonds. The average molecular weight is 406 g/mol. The van der Waals surface area contributed by atoms with Crippen LogP contribution >= 0.6 is 0 Å². The molecule has 3 rings (SSSR count). The number of benzene rings is 1. The molecular weight excluding hydrogens is 390 g/mol. The Morgan fingerprint density at radius 2 is 1.96 bits per heavy atom. The zero-order valence-electron chi connectivity index (χ0n) is 13.8. The molecule has 2 fully saturated rings. The highest BCUT2D eigenvalue weighted by Gasteiger charge is 2.54. The van der Waals surface area contributed by atoms with Crippen molar-refractivity contribution in [3.8, 4) is 5.75 Å². The summed E-state index contributed by atoms with van der Waals surface area (Å²) in [5.41, 5.74) is 0.0782. The minimum Gasteiger partial charge on any atom is -0.455 e. The summed E-state index contributed by atoms with van der Waals surface area (Å²) in [5, 5.41) is -5.10. The van der Waals surface area contributed by atoms with Crippen LogP contribution in [0.2, 0.25) is 0 Å². The second-order valence-electron chi connectivity index (χ2n) is 6.31. The molecule has 148 valence electrons. The SMILES string of the molecule is O=C(Oc1ccccc1COC(=O)C(F)(F)S(=O)(=O)O)C1CC2CCC1O2. The van der Waals surface area contributed by atoms with Crippen molar-refractivity contribution in [2.75, 3.05) is 0 Å². The van der Waals surface area contributed by atoms with Gasteiger partial charge in [0.05, 0.1) is 18.1 Å². The van der Waals surface area contributed by atoms with E-state index in [1.165, 1.54) is 24.3 Å². The van der Waals surface area contributed by atoms with Crippen LogP contribution in [0.4, 0.5) is 8.78 Å². The smallest absolute Gasteiger partial charge is 0.455 e. The number of hydrogen-bond donors (Lipinski definition) is 1. The lowest BCUT2D eigenvalue weighted by molar-refractivity contribution is -0.162. The van der Waals surface area contributed by atoms with Crippen LogP contribution in [0.25, 0.3) is 0 Å². The van der Waals surface area contributed by atoms with E-state index in [2.05, 4.69) is 4.74 Å². The van der Waals surface area contributed by atoms with Crippen LogP contribution in [0, 0.1) is 5.92 Å². The van der Waals surface area contributed by atoms with Crippen LogP contribution in [0.15, 0.2) is 24.3 Å². The maximum absolute atomic E-state index is 13.2. The predicted molar refractivity (Wildman–Crippen MR) is 84.4 cm³/mol. The number of rotatable bonds is 6. The number of hydrogen-bond acceptors (Lipinski definition) is 7. The monoisotopic (exact) mass is 406 g/mol. The molecule has 8 nitrogen and oxygen atoms in total. The van der Waals surface area contributed by atoms with E-state index in [0.717, 1.165) is 12.8 Å². The van der Waals surface area contributed by atoms with Crippen molar-refractivity contribution in [2.45, 2.75) is 43.3 Å². The molecule has 27 heavy (non-hydrogen) atoms. The molecule has 2 bridgehead atoms. The summed E-state index contributed by atoms with van der Waals surface area (Å²) in [7, 11) is -5.96. The minimum absolute atomic E-state index is 0.00625. The molecule has 11 heteroatoms. The first kappa shape index (κ1) is 19.6. The van der Waals surface area contributed by atoms with Gasteiger partial charge in [-0.1, -0.05) is 18.2 Å². The highest BCUT2D eigenvalue weighted by molar-refractivity contribution is 7.87. The van der Waals surface area contributed by atoms with Gasteiger partial charge in [-0.05, 0) is 25.3 Å². The minimum atomic E-state index is -5.96. The Labute approximate surface area is 153 Å². The second kappa shape index (κ2) is 7.13. The van der Waals surface area contributed by atoms with Crippen molar-refractivity contribution < 1.29 is 45.6 Å². The molecular formula is C16H16F2O8S. The quantitative estimate of drug-likeness (QED) is 0.431. The Morgan fingerprint density at radius 1 is 1.26 bits per heavy atom. The summed E-state index contributed by atoms with van der Waals surface area (Å²) in [6, 6.07) is 5.76. The van der Waals surface area contributed by atoms with Gasteiger partial charge in [0.1, 0.15) is 12.4 Å². The fourth-order valence-corrected chi connectivity index (χ4v) is 3.39. The van der Waals surface area contributed by atoms with Crippen molar-refractivity contribution in [2.24, 2.45) is 5.92 Å². The van der Waals surface area contributed by atoms with E-state index < -0.39 is 39.8 Å². The third kappa shape index (κ3) is 3.94. The largest absolute Gasteiger partial charge is 0.465 e. The van der Waals surface area contributed by atoms with Crippen LogP contribution in [0.3, 0.4) is 0 Å². The Morgan fingerprint density at radius 3 is 2.56 bits per heavy atom. The summed E-state index contributed by atoms with van der Waals surface area (Å²) < 4.78 is 71.1.